The van der Waals surface area contributed by atoms with Crippen LogP contribution in [0.5, 0.6) is 0 Å². The molecule has 6 heteroatoms. The van der Waals surface area contributed by atoms with Crippen LogP contribution in [0.4, 0.5) is 0 Å². The SMILES string of the molecule is O=C(c1cn(Cc2ccccc2)nn1)N(Cc1cccs1)C1CC1. The zero-order valence-corrected chi connectivity index (χ0v) is 14.0. The molecule has 122 valence electrons. The largest absolute Gasteiger partial charge is 0.329 e. The Morgan fingerprint density at radius 1 is 1.21 bits per heavy atom. The van der Waals surface area contributed by atoms with Crippen LogP contribution in [0.3, 0.4) is 0 Å². The molecule has 0 atom stereocenters. The van der Waals surface area contributed by atoms with Gasteiger partial charge in [-0.05, 0) is 29.9 Å². The number of benzene rings is 1. The van der Waals surface area contributed by atoms with E-state index in [0.717, 1.165) is 18.4 Å². The first-order valence-corrected chi connectivity index (χ1v) is 8.95. The summed E-state index contributed by atoms with van der Waals surface area (Å²) < 4.78 is 1.72. The van der Waals surface area contributed by atoms with Crippen molar-refractivity contribution in [1.29, 1.82) is 0 Å². The molecule has 3 aromatic rings. The highest BCUT2D eigenvalue weighted by atomic mass is 32.1. The molecule has 0 saturated heterocycles. The van der Waals surface area contributed by atoms with Gasteiger partial charge in [0.25, 0.3) is 5.91 Å². The minimum Gasteiger partial charge on any atom is -0.329 e. The lowest BCUT2D eigenvalue weighted by Gasteiger charge is -2.20. The van der Waals surface area contributed by atoms with Crippen LogP contribution in [0.1, 0.15) is 33.8 Å². The van der Waals surface area contributed by atoms with Gasteiger partial charge in [-0.15, -0.1) is 16.4 Å². The first kappa shape index (κ1) is 15.1. The smallest absolute Gasteiger partial charge is 0.276 e. The molecular formula is C18H18N4OS. The lowest BCUT2D eigenvalue weighted by atomic mass is 10.2. The van der Waals surface area contributed by atoms with Crippen LogP contribution in [0.25, 0.3) is 0 Å². The third-order valence-electron chi connectivity index (χ3n) is 4.10. The van der Waals surface area contributed by atoms with Crippen LogP contribution in [0, 0.1) is 0 Å². The number of nitrogens with zero attached hydrogens (tertiary/aromatic N) is 4. The summed E-state index contributed by atoms with van der Waals surface area (Å²) in [5.74, 6) is -0.0230. The Labute approximate surface area is 144 Å². The standard InChI is InChI=1S/C18H18N4OS/c23-18(22(15-8-9-15)12-16-7-4-10-24-16)17-13-21(20-19-17)11-14-5-2-1-3-6-14/h1-7,10,13,15H,8-9,11-12H2. The van der Waals surface area contributed by atoms with E-state index >= 15 is 0 Å². The second-order valence-corrected chi connectivity index (χ2v) is 7.06. The molecule has 0 unspecified atom stereocenters. The predicted octanol–water partition coefficient (Wildman–Crippen LogP) is 3.19. The molecule has 1 aliphatic rings. The molecule has 1 amide bonds. The molecule has 0 aliphatic heterocycles. The van der Waals surface area contributed by atoms with Crippen LogP contribution in [-0.4, -0.2) is 31.8 Å². The summed E-state index contributed by atoms with van der Waals surface area (Å²) in [7, 11) is 0. The van der Waals surface area contributed by atoms with E-state index in [4.69, 9.17) is 0 Å². The van der Waals surface area contributed by atoms with Crippen LogP contribution >= 0.6 is 11.3 Å². The first-order chi connectivity index (χ1) is 11.8. The lowest BCUT2D eigenvalue weighted by Crippen LogP contribution is -2.32. The van der Waals surface area contributed by atoms with E-state index < -0.39 is 0 Å². The van der Waals surface area contributed by atoms with Crippen molar-refractivity contribution in [3.63, 3.8) is 0 Å². The molecule has 1 aliphatic carbocycles. The Bertz CT molecular complexity index is 809. The Kier molecular flexibility index (Phi) is 4.13. The lowest BCUT2D eigenvalue weighted by molar-refractivity contribution is 0.0725. The maximum absolute atomic E-state index is 12.8. The highest BCUT2D eigenvalue weighted by molar-refractivity contribution is 7.09. The number of hydrogen-bond acceptors (Lipinski definition) is 4. The molecule has 1 saturated carbocycles. The van der Waals surface area contributed by atoms with Gasteiger partial charge in [-0.1, -0.05) is 41.6 Å². The molecule has 1 fully saturated rings. The Balaban J connectivity index is 1.49. The van der Waals surface area contributed by atoms with E-state index in [1.54, 1.807) is 22.2 Å². The van der Waals surface area contributed by atoms with Crippen molar-refractivity contribution in [3.8, 4) is 0 Å². The van der Waals surface area contributed by atoms with Crippen LogP contribution in [0.15, 0.2) is 54.0 Å². The van der Waals surface area contributed by atoms with Crippen molar-refractivity contribution < 1.29 is 4.79 Å². The average Bonchev–Trinajstić information content (AvgIpc) is 3.11. The van der Waals surface area contributed by atoms with Crippen molar-refractivity contribution in [2.75, 3.05) is 0 Å². The topological polar surface area (TPSA) is 51.0 Å². The summed E-state index contributed by atoms with van der Waals surface area (Å²) in [6.07, 6.45) is 3.91. The Hall–Kier alpha value is -2.47. The van der Waals surface area contributed by atoms with Crippen LogP contribution < -0.4 is 0 Å². The monoisotopic (exact) mass is 338 g/mol. The maximum atomic E-state index is 12.8. The summed E-state index contributed by atoms with van der Waals surface area (Å²) in [4.78, 5) is 16.0. The minimum atomic E-state index is -0.0230. The average molecular weight is 338 g/mol. The molecular weight excluding hydrogens is 320 g/mol. The Morgan fingerprint density at radius 2 is 2.04 bits per heavy atom. The van der Waals surface area contributed by atoms with Crippen LogP contribution in [0.2, 0.25) is 0 Å². The zero-order valence-electron chi connectivity index (χ0n) is 13.2. The maximum Gasteiger partial charge on any atom is 0.276 e. The predicted molar refractivity (Wildman–Crippen MR) is 92.8 cm³/mol. The third-order valence-corrected chi connectivity index (χ3v) is 4.96. The molecule has 0 radical (unpaired) electrons. The number of thiophene rings is 1. The van der Waals surface area contributed by atoms with E-state index in [9.17, 15) is 4.79 Å². The summed E-state index contributed by atoms with van der Waals surface area (Å²) in [6.45, 7) is 1.28. The fourth-order valence-electron chi connectivity index (χ4n) is 2.71. The van der Waals surface area contributed by atoms with Gasteiger partial charge in [-0.3, -0.25) is 4.79 Å². The number of aromatic nitrogens is 3. The summed E-state index contributed by atoms with van der Waals surface area (Å²) in [6, 6.07) is 14.5. The van der Waals surface area contributed by atoms with Gasteiger partial charge in [-0.25, -0.2) is 4.68 Å². The van der Waals surface area contributed by atoms with E-state index in [0.29, 0.717) is 24.8 Å². The number of amides is 1. The second-order valence-electron chi connectivity index (χ2n) is 6.03. The van der Waals surface area contributed by atoms with Crippen molar-refractivity contribution in [3.05, 3.63) is 70.2 Å². The van der Waals surface area contributed by atoms with Crippen LogP contribution in [-0.2, 0) is 13.1 Å². The fraction of sp³-hybridized carbons (Fsp3) is 0.278. The quantitative estimate of drug-likeness (QED) is 0.693. The molecule has 1 aromatic carbocycles. The van der Waals surface area contributed by atoms with Gasteiger partial charge in [0.1, 0.15) is 0 Å². The molecule has 5 nitrogen and oxygen atoms in total. The molecule has 0 spiro atoms. The molecule has 0 bridgehead atoms. The normalized spacial score (nSPS) is 13.8. The van der Waals surface area contributed by atoms with Gasteiger partial charge in [0.05, 0.1) is 19.3 Å². The summed E-state index contributed by atoms with van der Waals surface area (Å²) in [5, 5.41) is 10.3. The minimum absolute atomic E-state index is 0.0230. The van der Waals surface area contributed by atoms with E-state index in [2.05, 4.69) is 16.4 Å². The number of carbonyl (C=O) groups is 1. The summed E-state index contributed by atoms with van der Waals surface area (Å²) in [5.41, 5.74) is 1.56. The highest BCUT2D eigenvalue weighted by Gasteiger charge is 2.34. The number of carbonyl (C=O) groups excluding carboxylic acids is 1. The van der Waals surface area contributed by atoms with E-state index in [1.807, 2.05) is 46.7 Å². The van der Waals surface area contributed by atoms with Gasteiger partial charge in [0, 0.05) is 10.9 Å². The Morgan fingerprint density at radius 3 is 2.75 bits per heavy atom. The van der Waals surface area contributed by atoms with Gasteiger partial charge in [0.15, 0.2) is 5.69 Å². The fourth-order valence-corrected chi connectivity index (χ4v) is 3.42. The molecule has 0 N–H and O–H groups in total. The number of rotatable bonds is 6. The second kappa shape index (κ2) is 6.57. The molecule has 4 rings (SSSR count). The van der Waals surface area contributed by atoms with E-state index in [1.165, 1.54) is 4.88 Å². The van der Waals surface area contributed by atoms with Crippen molar-refractivity contribution in [2.24, 2.45) is 0 Å². The molecule has 2 heterocycles. The number of hydrogen-bond donors (Lipinski definition) is 0. The third kappa shape index (κ3) is 3.38. The molecule has 2 aromatic heterocycles. The highest BCUT2D eigenvalue weighted by Crippen LogP contribution is 2.30. The van der Waals surface area contributed by atoms with Gasteiger partial charge in [-0.2, -0.15) is 0 Å². The van der Waals surface area contributed by atoms with Gasteiger partial charge >= 0.3 is 0 Å². The summed E-state index contributed by atoms with van der Waals surface area (Å²) >= 11 is 1.68. The van der Waals surface area contributed by atoms with Gasteiger partial charge in [0.2, 0.25) is 0 Å². The first-order valence-electron chi connectivity index (χ1n) is 8.07. The zero-order chi connectivity index (χ0) is 16.4. The van der Waals surface area contributed by atoms with Gasteiger partial charge < -0.3 is 4.90 Å². The van der Waals surface area contributed by atoms with Crippen molar-refractivity contribution in [2.45, 2.75) is 32.0 Å². The van der Waals surface area contributed by atoms with E-state index in [-0.39, 0.29) is 5.91 Å². The van der Waals surface area contributed by atoms with Crippen molar-refractivity contribution >= 4 is 17.2 Å². The van der Waals surface area contributed by atoms with Crippen molar-refractivity contribution in [1.82, 2.24) is 19.9 Å². The molecule has 24 heavy (non-hydrogen) atoms.